The van der Waals surface area contributed by atoms with E-state index in [9.17, 15) is 9.59 Å². The fourth-order valence-corrected chi connectivity index (χ4v) is 4.32. The van der Waals surface area contributed by atoms with Crippen LogP contribution in [0.2, 0.25) is 0 Å². The number of ether oxygens (including phenoxy) is 1. The van der Waals surface area contributed by atoms with Gasteiger partial charge in [0.1, 0.15) is 29.9 Å². The van der Waals surface area contributed by atoms with Gasteiger partial charge in [-0.3, -0.25) is 14.6 Å². The van der Waals surface area contributed by atoms with Crippen LogP contribution in [0.5, 0.6) is 5.75 Å². The van der Waals surface area contributed by atoms with Crippen molar-refractivity contribution in [3.05, 3.63) is 40.9 Å². The molecular weight excluding hydrogens is 560 g/mol. The molecule has 7 N–H and O–H groups in total. The summed E-state index contributed by atoms with van der Waals surface area (Å²) >= 11 is 1.16. The fourth-order valence-electron chi connectivity index (χ4n) is 3.44. The molecule has 2 amide bonds. The normalized spacial score (nSPS) is 17.4. The van der Waals surface area contributed by atoms with Crippen LogP contribution in [0.4, 0.5) is 5.13 Å². The number of nitrogens with zero attached hydrogens (tertiary/aromatic N) is 4. The number of nitrogens with two attached hydrogens (primary N) is 2. The zero-order valence-electron chi connectivity index (χ0n) is 22.8. The largest absolute Gasteiger partial charge is 0.490 e. The average Bonchev–Trinajstić information content (AvgIpc) is 3.36. The van der Waals surface area contributed by atoms with Gasteiger partial charge in [-0.05, 0) is 59.0 Å². The highest BCUT2D eigenvalue weighted by Crippen LogP contribution is 2.33. The number of thiazole rings is 1. The molecule has 1 aromatic heterocycles. The van der Waals surface area contributed by atoms with Crippen LogP contribution in [0.15, 0.2) is 39.8 Å². The smallest absolute Gasteiger partial charge is 0.276 e. The van der Waals surface area contributed by atoms with Crippen LogP contribution in [-0.2, 0) is 18.7 Å². The van der Waals surface area contributed by atoms with Gasteiger partial charge in [-0.15, -0.1) is 11.3 Å². The molecule has 2 aromatic rings. The molecule has 0 radical (unpaired) electrons. The van der Waals surface area contributed by atoms with Crippen molar-refractivity contribution in [1.82, 2.24) is 20.7 Å². The van der Waals surface area contributed by atoms with E-state index in [0.29, 0.717) is 18.1 Å². The Kier molecular flexibility index (Phi) is 10.3. The SMILES string of the molecule is CNC(C)(C)CN=C(N)c1ccc(OCCO/N=C(\C(=O)N[C@@H]2C(=O)N(OSO)C2(C)C)c2csc(N)n2)cc1. The first-order valence-corrected chi connectivity index (χ1v) is 13.7. The minimum absolute atomic E-state index is 0.0179. The summed E-state index contributed by atoms with van der Waals surface area (Å²) in [6.07, 6.45) is 0. The van der Waals surface area contributed by atoms with Crippen LogP contribution in [0.1, 0.15) is 39.0 Å². The molecule has 1 saturated heterocycles. The highest BCUT2D eigenvalue weighted by Gasteiger charge is 2.57. The summed E-state index contributed by atoms with van der Waals surface area (Å²) in [6, 6.07) is 6.22. The Balaban J connectivity index is 1.57. The van der Waals surface area contributed by atoms with Gasteiger partial charge < -0.3 is 36.2 Å². The number of nitrogen functional groups attached to an aromatic ring is 1. The van der Waals surface area contributed by atoms with E-state index in [-0.39, 0.29) is 47.6 Å². The Morgan fingerprint density at radius 3 is 2.58 bits per heavy atom. The zero-order valence-corrected chi connectivity index (χ0v) is 24.5. The number of hydrogen-bond donors (Lipinski definition) is 5. The molecule has 0 spiro atoms. The van der Waals surface area contributed by atoms with E-state index in [0.717, 1.165) is 22.0 Å². The van der Waals surface area contributed by atoms with E-state index in [4.69, 9.17) is 29.9 Å². The summed E-state index contributed by atoms with van der Waals surface area (Å²) in [5.41, 5.74) is 11.5. The minimum atomic E-state index is -0.923. The van der Waals surface area contributed by atoms with Crippen molar-refractivity contribution >= 4 is 52.2 Å². The summed E-state index contributed by atoms with van der Waals surface area (Å²) < 4.78 is 19.4. The van der Waals surface area contributed by atoms with Crippen molar-refractivity contribution in [2.45, 2.75) is 44.8 Å². The number of likely N-dealkylation sites (N-methyl/N-ethyl adjacent to an activating group) is 1. The molecule has 2 heterocycles. The van der Waals surface area contributed by atoms with E-state index in [1.54, 1.807) is 31.4 Å². The van der Waals surface area contributed by atoms with Crippen molar-refractivity contribution in [3.8, 4) is 5.75 Å². The third kappa shape index (κ3) is 7.60. The number of oxime groups is 1. The highest BCUT2D eigenvalue weighted by atomic mass is 32.2. The third-order valence-electron chi connectivity index (χ3n) is 6.11. The first kappa shape index (κ1) is 31.1. The number of aromatic nitrogens is 1. The van der Waals surface area contributed by atoms with E-state index in [1.165, 1.54) is 0 Å². The molecule has 1 aliphatic heterocycles. The van der Waals surface area contributed by atoms with Crippen molar-refractivity contribution in [2.24, 2.45) is 15.9 Å². The average molecular weight is 595 g/mol. The quantitative estimate of drug-likeness (QED) is 0.0529. The van der Waals surface area contributed by atoms with Gasteiger partial charge in [0.2, 0.25) is 0 Å². The molecule has 14 nitrogen and oxygen atoms in total. The standard InChI is InChI=1S/C24H34N8O6S2/c1-23(2,27-5)13-28-19(25)14-6-8-15(9-7-14)36-10-11-37-31-17(16-12-39-22(26)29-16)20(33)30-18-21(34)32(38-40-35)24(18,3)4/h6-9,12,18,27,35H,10-11,13H2,1-5H3,(H2,25,28)(H2,26,29)(H,30,33)/b31-17-/t18-/m1/s1. The lowest BCUT2D eigenvalue weighted by Crippen LogP contribution is -2.76. The predicted octanol–water partition coefficient (Wildman–Crippen LogP) is 1.39. The minimum Gasteiger partial charge on any atom is -0.490 e. The van der Waals surface area contributed by atoms with Crippen LogP contribution in [0.3, 0.4) is 0 Å². The van der Waals surface area contributed by atoms with E-state index >= 15 is 0 Å². The molecule has 3 rings (SSSR count). The second kappa shape index (κ2) is 13.3. The second-order valence-corrected chi connectivity index (χ2v) is 11.1. The fraction of sp³-hybridized carbons (Fsp3) is 0.458. The van der Waals surface area contributed by atoms with Crippen molar-refractivity contribution in [3.63, 3.8) is 0 Å². The maximum absolute atomic E-state index is 13.0. The first-order chi connectivity index (χ1) is 18.9. The first-order valence-electron chi connectivity index (χ1n) is 12.2. The van der Waals surface area contributed by atoms with Crippen LogP contribution >= 0.6 is 23.7 Å². The lowest BCUT2D eigenvalue weighted by atomic mass is 9.84. The maximum Gasteiger partial charge on any atom is 0.276 e. The Labute approximate surface area is 240 Å². The molecule has 0 bridgehead atoms. The second-order valence-electron chi connectivity index (χ2n) is 9.89. The number of anilines is 1. The number of carbonyl (C=O) groups is 2. The van der Waals surface area contributed by atoms with Gasteiger partial charge >= 0.3 is 0 Å². The predicted molar refractivity (Wildman–Crippen MR) is 154 cm³/mol. The van der Waals surface area contributed by atoms with Crippen LogP contribution < -0.4 is 26.8 Å². The number of benzene rings is 1. The Hall–Kier alpha value is -3.44. The molecule has 40 heavy (non-hydrogen) atoms. The number of amides is 2. The van der Waals surface area contributed by atoms with Crippen LogP contribution in [-0.4, -0.2) is 81.9 Å². The lowest BCUT2D eigenvalue weighted by molar-refractivity contribution is -0.214. The van der Waals surface area contributed by atoms with Gasteiger partial charge in [0, 0.05) is 16.5 Å². The highest BCUT2D eigenvalue weighted by molar-refractivity contribution is 7.88. The summed E-state index contributed by atoms with van der Waals surface area (Å²) in [4.78, 5) is 39.3. The summed E-state index contributed by atoms with van der Waals surface area (Å²) in [5.74, 6) is -0.210. The number of amidine groups is 1. The summed E-state index contributed by atoms with van der Waals surface area (Å²) in [7, 11) is 1.87. The number of nitrogens with one attached hydrogen (secondary N) is 2. The van der Waals surface area contributed by atoms with Crippen LogP contribution in [0, 0.1) is 0 Å². The molecule has 218 valence electrons. The number of rotatable bonds is 14. The van der Waals surface area contributed by atoms with E-state index < -0.39 is 23.4 Å². The summed E-state index contributed by atoms with van der Waals surface area (Å²) in [5, 5.41) is 12.5. The Morgan fingerprint density at radius 2 is 2.00 bits per heavy atom. The molecule has 0 aliphatic carbocycles. The molecule has 0 saturated carbocycles. The van der Waals surface area contributed by atoms with Crippen molar-refractivity contribution in [1.29, 1.82) is 0 Å². The number of aliphatic imine (C=N–C) groups is 1. The van der Waals surface area contributed by atoms with Crippen molar-refractivity contribution in [2.75, 3.05) is 32.5 Å². The number of β-lactam (4-membered cyclic amide) rings is 1. The number of carbonyl (C=O) groups excluding carboxylic acids is 2. The topological polar surface area (TPSA) is 199 Å². The van der Waals surface area contributed by atoms with Gasteiger partial charge in [0.05, 0.1) is 12.1 Å². The van der Waals surface area contributed by atoms with Gasteiger partial charge in [-0.1, -0.05) is 5.16 Å². The van der Waals surface area contributed by atoms with Crippen molar-refractivity contribution < 1.29 is 28.0 Å². The third-order valence-corrected chi connectivity index (χ3v) is 7.00. The summed E-state index contributed by atoms with van der Waals surface area (Å²) in [6.45, 7) is 8.08. The van der Waals surface area contributed by atoms with Crippen LogP contribution in [0.25, 0.3) is 0 Å². The van der Waals surface area contributed by atoms with Gasteiger partial charge in [0.15, 0.2) is 29.8 Å². The van der Waals surface area contributed by atoms with E-state index in [2.05, 4.69) is 25.8 Å². The number of hydroxylamine groups is 2. The van der Waals surface area contributed by atoms with Gasteiger partial charge in [-0.25, -0.2) is 4.98 Å². The molecule has 0 unspecified atom stereocenters. The molecule has 1 fully saturated rings. The lowest BCUT2D eigenvalue weighted by Gasteiger charge is -2.50. The molecule has 1 aliphatic rings. The molecular formula is C24H34N8O6S2. The number of hydrogen-bond acceptors (Lipinski definition) is 13. The maximum atomic E-state index is 13.0. The molecule has 1 atom stereocenters. The van der Waals surface area contributed by atoms with Gasteiger partial charge in [-0.2, -0.15) is 9.35 Å². The zero-order chi connectivity index (χ0) is 29.5. The molecule has 1 aromatic carbocycles. The monoisotopic (exact) mass is 594 g/mol. The Morgan fingerprint density at radius 1 is 1.30 bits per heavy atom. The Bertz CT molecular complexity index is 1250. The molecule has 16 heteroatoms. The van der Waals surface area contributed by atoms with Gasteiger partial charge in [0.25, 0.3) is 11.8 Å². The van der Waals surface area contributed by atoms with E-state index in [1.807, 2.05) is 33.0 Å².